The maximum absolute atomic E-state index is 13.2. The minimum absolute atomic E-state index is 0.157. The molecule has 0 aliphatic carbocycles. The molecule has 0 saturated carbocycles. The number of nitrogens with one attached hydrogen (secondary N) is 1. The van der Waals surface area contributed by atoms with Crippen LogP contribution in [0.25, 0.3) is 11.3 Å². The first kappa shape index (κ1) is 23.2. The van der Waals surface area contributed by atoms with Crippen LogP contribution in [0.5, 0.6) is 5.75 Å². The Bertz CT molecular complexity index is 1290. The van der Waals surface area contributed by atoms with Crippen LogP contribution in [-0.4, -0.2) is 58.1 Å². The lowest BCUT2D eigenvalue weighted by Gasteiger charge is -2.31. The molecule has 4 heterocycles. The highest BCUT2D eigenvalue weighted by molar-refractivity contribution is 7.16. The summed E-state index contributed by atoms with van der Waals surface area (Å²) in [6.45, 7) is 4.17. The molecule has 1 aliphatic rings. The average Bonchev–Trinajstić information content (AvgIpc) is 3.41. The van der Waals surface area contributed by atoms with Gasteiger partial charge in [0.1, 0.15) is 11.6 Å². The molecule has 35 heavy (non-hydrogen) atoms. The second kappa shape index (κ2) is 9.96. The van der Waals surface area contributed by atoms with Crippen molar-refractivity contribution in [2.24, 2.45) is 0 Å². The first-order valence-corrected chi connectivity index (χ1v) is 12.1. The minimum atomic E-state index is -0.482. The number of rotatable bonds is 8. The molecule has 1 aromatic carbocycles. The molecule has 4 aromatic rings. The lowest BCUT2D eigenvalue weighted by Crippen LogP contribution is -2.39. The SMILES string of the molecule is COCC(C)N1CCc2sc(Nc3ncc(F)cn3)nc2-c2cnn(Cc3ccc(OC)cc3)c21. The molecule has 5 rings (SSSR count). The van der Waals surface area contributed by atoms with Crippen LogP contribution in [0.15, 0.2) is 42.9 Å². The van der Waals surface area contributed by atoms with Crippen LogP contribution in [0.1, 0.15) is 17.4 Å². The van der Waals surface area contributed by atoms with E-state index < -0.39 is 5.82 Å². The van der Waals surface area contributed by atoms with Crippen LogP contribution < -0.4 is 15.0 Å². The number of ether oxygens (including phenoxy) is 2. The fraction of sp³-hybridized carbons (Fsp3) is 0.333. The molecule has 0 saturated heterocycles. The third-order valence-corrected chi connectivity index (χ3v) is 6.92. The second-order valence-corrected chi connectivity index (χ2v) is 9.36. The number of benzene rings is 1. The number of hydrogen-bond donors (Lipinski definition) is 1. The fourth-order valence-corrected chi connectivity index (χ4v) is 5.17. The van der Waals surface area contributed by atoms with Gasteiger partial charge in [0.2, 0.25) is 5.95 Å². The normalized spacial score (nSPS) is 13.7. The van der Waals surface area contributed by atoms with Gasteiger partial charge in [-0.05, 0) is 24.6 Å². The van der Waals surface area contributed by atoms with Gasteiger partial charge < -0.3 is 19.7 Å². The summed E-state index contributed by atoms with van der Waals surface area (Å²) in [4.78, 5) is 16.3. The van der Waals surface area contributed by atoms with Crippen molar-refractivity contribution in [3.8, 4) is 17.0 Å². The van der Waals surface area contributed by atoms with Crippen molar-refractivity contribution < 1.29 is 13.9 Å². The molecule has 1 N–H and O–H groups in total. The average molecular weight is 496 g/mol. The third-order valence-electron chi connectivity index (χ3n) is 5.89. The molecule has 1 aliphatic heterocycles. The Hall–Kier alpha value is -3.57. The van der Waals surface area contributed by atoms with Crippen molar-refractivity contribution in [2.75, 3.05) is 37.6 Å². The number of aromatic nitrogens is 5. The molecule has 1 unspecified atom stereocenters. The largest absolute Gasteiger partial charge is 0.497 e. The molecule has 0 radical (unpaired) electrons. The van der Waals surface area contributed by atoms with Gasteiger partial charge in [0.15, 0.2) is 10.9 Å². The Morgan fingerprint density at radius 2 is 1.91 bits per heavy atom. The predicted octanol–water partition coefficient (Wildman–Crippen LogP) is 4.13. The van der Waals surface area contributed by atoms with E-state index in [1.807, 2.05) is 35.1 Å². The Morgan fingerprint density at radius 1 is 1.14 bits per heavy atom. The summed E-state index contributed by atoms with van der Waals surface area (Å²) in [6.07, 6.45) is 4.96. The summed E-state index contributed by atoms with van der Waals surface area (Å²) in [5.74, 6) is 1.66. The van der Waals surface area contributed by atoms with Crippen molar-refractivity contribution in [3.05, 3.63) is 59.1 Å². The smallest absolute Gasteiger partial charge is 0.229 e. The molecule has 182 valence electrons. The summed E-state index contributed by atoms with van der Waals surface area (Å²) < 4.78 is 26.0. The quantitative estimate of drug-likeness (QED) is 0.390. The van der Waals surface area contributed by atoms with Crippen molar-refractivity contribution in [1.82, 2.24) is 24.7 Å². The molecule has 0 amide bonds. The van der Waals surface area contributed by atoms with E-state index in [4.69, 9.17) is 19.6 Å². The van der Waals surface area contributed by atoms with E-state index in [1.165, 1.54) is 0 Å². The highest BCUT2D eigenvalue weighted by Crippen LogP contribution is 2.41. The van der Waals surface area contributed by atoms with Crippen LogP contribution in [-0.2, 0) is 17.7 Å². The maximum atomic E-state index is 13.2. The predicted molar refractivity (Wildman–Crippen MR) is 133 cm³/mol. The Balaban J connectivity index is 1.51. The topological polar surface area (TPSA) is 90.2 Å². The molecule has 11 heteroatoms. The summed E-state index contributed by atoms with van der Waals surface area (Å²) in [5, 5.41) is 8.51. The van der Waals surface area contributed by atoms with Crippen LogP contribution >= 0.6 is 11.3 Å². The number of halogens is 1. The van der Waals surface area contributed by atoms with Crippen molar-refractivity contribution in [3.63, 3.8) is 0 Å². The van der Waals surface area contributed by atoms with Crippen LogP contribution in [0.3, 0.4) is 0 Å². The Labute approximate surface area is 206 Å². The van der Waals surface area contributed by atoms with E-state index >= 15 is 0 Å². The fourth-order valence-electron chi connectivity index (χ4n) is 4.21. The van der Waals surface area contributed by atoms with Crippen LogP contribution in [0, 0.1) is 5.82 Å². The summed E-state index contributed by atoms with van der Waals surface area (Å²) in [6, 6.07) is 8.16. The van der Waals surface area contributed by atoms with Gasteiger partial charge in [-0.1, -0.05) is 12.1 Å². The molecular weight excluding hydrogens is 469 g/mol. The zero-order valence-electron chi connectivity index (χ0n) is 19.7. The minimum Gasteiger partial charge on any atom is -0.497 e. The van der Waals surface area contributed by atoms with E-state index in [0.717, 1.165) is 58.6 Å². The zero-order chi connectivity index (χ0) is 24.4. The molecule has 3 aromatic heterocycles. The first-order valence-electron chi connectivity index (χ1n) is 11.2. The van der Waals surface area contributed by atoms with Gasteiger partial charge in [-0.3, -0.25) is 0 Å². The monoisotopic (exact) mass is 495 g/mol. The highest BCUT2D eigenvalue weighted by Gasteiger charge is 2.30. The molecule has 9 nitrogen and oxygen atoms in total. The first-order chi connectivity index (χ1) is 17.1. The van der Waals surface area contributed by atoms with Gasteiger partial charge >= 0.3 is 0 Å². The van der Waals surface area contributed by atoms with E-state index in [1.54, 1.807) is 25.6 Å². The number of thiazole rings is 1. The second-order valence-electron chi connectivity index (χ2n) is 8.28. The Kier molecular flexibility index (Phi) is 6.60. The maximum Gasteiger partial charge on any atom is 0.229 e. The molecule has 1 atom stereocenters. The number of fused-ring (bicyclic) bond motifs is 3. The van der Waals surface area contributed by atoms with Gasteiger partial charge in [-0.15, -0.1) is 11.3 Å². The van der Waals surface area contributed by atoms with Crippen LogP contribution in [0.2, 0.25) is 0 Å². The van der Waals surface area contributed by atoms with Gasteiger partial charge in [0.25, 0.3) is 0 Å². The van der Waals surface area contributed by atoms with E-state index in [-0.39, 0.29) is 6.04 Å². The lowest BCUT2D eigenvalue weighted by atomic mass is 10.2. The van der Waals surface area contributed by atoms with E-state index in [0.29, 0.717) is 24.2 Å². The number of nitrogens with zero attached hydrogens (tertiary/aromatic N) is 6. The number of hydrogen-bond acceptors (Lipinski definition) is 9. The zero-order valence-corrected chi connectivity index (χ0v) is 20.5. The van der Waals surface area contributed by atoms with E-state index in [2.05, 4.69) is 27.1 Å². The highest BCUT2D eigenvalue weighted by atomic mass is 32.1. The molecule has 0 bridgehead atoms. The standard InChI is InChI=1S/C24H26FN7O2S/c1-15(14-33-2)31-9-8-20-21(29-24(35-20)30-23-26-10-17(25)11-27-23)19-12-28-32(22(19)31)13-16-4-6-18(34-3)7-5-16/h4-7,10-12,15H,8-9,13-14H2,1-3H3,(H,26,27,29,30). The molecule has 0 spiro atoms. The van der Waals surface area contributed by atoms with Gasteiger partial charge in [0, 0.05) is 25.0 Å². The van der Waals surface area contributed by atoms with E-state index in [9.17, 15) is 4.39 Å². The summed E-state index contributed by atoms with van der Waals surface area (Å²) in [7, 11) is 3.38. The lowest BCUT2D eigenvalue weighted by molar-refractivity contribution is 0.181. The summed E-state index contributed by atoms with van der Waals surface area (Å²) >= 11 is 1.55. The van der Waals surface area contributed by atoms with Crippen molar-refractivity contribution >= 4 is 28.2 Å². The number of anilines is 3. The third kappa shape index (κ3) is 4.82. The molecule has 0 fully saturated rings. The van der Waals surface area contributed by atoms with Gasteiger partial charge in [-0.25, -0.2) is 24.0 Å². The molecular formula is C24H26FN7O2S. The number of methoxy groups -OCH3 is 2. The van der Waals surface area contributed by atoms with Crippen molar-refractivity contribution in [1.29, 1.82) is 0 Å². The van der Waals surface area contributed by atoms with Crippen LogP contribution in [0.4, 0.5) is 21.3 Å². The van der Waals surface area contributed by atoms with Crippen molar-refractivity contribution in [2.45, 2.75) is 25.9 Å². The van der Waals surface area contributed by atoms with Gasteiger partial charge in [0.05, 0.1) is 56.2 Å². The summed E-state index contributed by atoms with van der Waals surface area (Å²) in [5.41, 5.74) is 2.98. The van der Waals surface area contributed by atoms with Gasteiger partial charge in [-0.2, -0.15) is 5.10 Å². The Morgan fingerprint density at radius 3 is 2.63 bits per heavy atom.